The molecule has 0 aliphatic heterocycles. The fourth-order valence-electron chi connectivity index (χ4n) is 2.22. The number of aromatic nitrogens is 2. The van der Waals surface area contributed by atoms with Gasteiger partial charge in [0.15, 0.2) is 0 Å². The van der Waals surface area contributed by atoms with Crippen molar-refractivity contribution in [3.05, 3.63) is 40.8 Å². The molecule has 2 aromatic rings. The van der Waals surface area contributed by atoms with E-state index in [9.17, 15) is 9.50 Å². The van der Waals surface area contributed by atoms with Gasteiger partial charge in [-0.25, -0.2) is 9.07 Å². The molecule has 0 aliphatic rings. The number of halogens is 1. The number of methoxy groups -OCH3 is 2. The topological polar surface area (TPSA) is 56.5 Å². The first-order valence-corrected chi connectivity index (χ1v) is 6.08. The normalized spacial score (nSPS) is 12.3. The standard InChI is InChI=1S/C14H17FN2O3/c1-8-12(14(20-4)17(2)16-8)13(18)10-6-5-9(19-3)7-11(10)15/h5-7,13,18H,1-4H3. The van der Waals surface area contributed by atoms with Crippen LogP contribution in [0, 0.1) is 12.7 Å². The number of ether oxygens (including phenoxy) is 2. The molecule has 0 saturated heterocycles. The van der Waals surface area contributed by atoms with Crippen molar-refractivity contribution in [1.29, 1.82) is 0 Å². The zero-order valence-electron chi connectivity index (χ0n) is 11.8. The maximum absolute atomic E-state index is 14.0. The van der Waals surface area contributed by atoms with E-state index in [0.717, 1.165) is 0 Å². The number of aliphatic hydroxyl groups excluding tert-OH is 1. The number of nitrogens with zero attached hydrogens (tertiary/aromatic N) is 2. The second kappa shape index (κ2) is 5.50. The predicted molar refractivity (Wildman–Crippen MR) is 71.5 cm³/mol. The summed E-state index contributed by atoms with van der Waals surface area (Å²) >= 11 is 0. The van der Waals surface area contributed by atoms with Gasteiger partial charge in [-0.2, -0.15) is 5.10 Å². The van der Waals surface area contributed by atoms with Gasteiger partial charge in [0.2, 0.25) is 5.88 Å². The molecule has 6 heteroatoms. The highest BCUT2D eigenvalue weighted by Crippen LogP contribution is 2.34. The third-order valence-corrected chi connectivity index (χ3v) is 3.18. The highest BCUT2D eigenvalue weighted by molar-refractivity contribution is 5.41. The molecule has 0 aliphatic carbocycles. The van der Waals surface area contributed by atoms with Crippen molar-refractivity contribution >= 4 is 0 Å². The van der Waals surface area contributed by atoms with Crippen molar-refractivity contribution < 1.29 is 19.0 Å². The van der Waals surface area contributed by atoms with Crippen LogP contribution in [0.3, 0.4) is 0 Å². The molecule has 108 valence electrons. The van der Waals surface area contributed by atoms with Gasteiger partial charge in [0.25, 0.3) is 0 Å². The van der Waals surface area contributed by atoms with Gasteiger partial charge in [0, 0.05) is 18.7 Å². The number of hydrogen-bond acceptors (Lipinski definition) is 4. The molecule has 1 atom stereocenters. The highest BCUT2D eigenvalue weighted by atomic mass is 19.1. The molecule has 1 unspecified atom stereocenters. The van der Waals surface area contributed by atoms with Crippen molar-refractivity contribution in [2.24, 2.45) is 7.05 Å². The zero-order valence-corrected chi connectivity index (χ0v) is 11.8. The molecule has 0 bridgehead atoms. The number of hydrogen-bond donors (Lipinski definition) is 1. The van der Waals surface area contributed by atoms with E-state index in [-0.39, 0.29) is 5.56 Å². The smallest absolute Gasteiger partial charge is 0.217 e. The monoisotopic (exact) mass is 280 g/mol. The van der Waals surface area contributed by atoms with Gasteiger partial charge in [-0.15, -0.1) is 0 Å². The number of aliphatic hydroxyl groups is 1. The van der Waals surface area contributed by atoms with Gasteiger partial charge in [-0.05, 0) is 19.1 Å². The maximum Gasteiger partial charge on any atom is 0.217 e. The Bertz CT molecular complexity index is 625. The Morgan fingerprint density at radius 2 is 2.00 bits per heavy atom. The minimum atomic E-state index is -1.15. The van der Waals surface area contributed by atoms with Crippen LogP contribution in [0.4, 0.5) is 4.39 Å². The molecule has 0 fully saturated rings. The van der Waals surface area contributed by atoms with Crippen molar-refractivity contribution in [2.45, 2.75) is 13.0 Å². The molecule has 1 aromatic carbocycles. The summed E-state index contributed by atoms with van der Waals surface area (Å²) in [7, 11) is 4.64. The first-order valence-electron chi connectivity index (χ1n) is 6.08. The Hall–Kier alpha value is -2.08. The van der Waals surface area contributed by atoms with E-state index in [1.807, 2.05) is 0 Å². The van der Waals surface area contributed by atoms with Crippen LogP contribution >= 0.6 is 0 Å². The SMILES string of the molecule is COc1ccc(C(O)c2c(C)nn(C)c2OC)c(F)c1. The van der Waals surface area contributed by atoms with Crippen molar-refractivity contribution in [1.82, 2.24) is 9.78 Å². The van der Waals surface area contributed by atoms with Gasteiger partial charge in [-0.1, -0.05) is 0 Å². The fraction of sp³-hybridized carbons (Fsp3) is 0.357. The Labute approximate surface area is 116 Å². The minimum Gasteiger partial charge on any atom is -0.497 e. The Kier molecular flexibility index (Phi) is 3.94. The molecule has 1 heterocycles. The first kappa shape index (κ1) is 14.3. The number of rotatable bonds is 4. The van der Waals surface area contributed by atoms with E-state index in [0.29, 0.717) is 22.9 Å². The quantitative estimate of drug-likeness (QED) is 0.930. The average molecular weight is 280 g/mol. The molecule has 20 heavy (non-hydrogen) atoms. The number of benzene rings is 1. The molecular weight excluding hydrogens is 263 g/mol. The lowest BCUT2D eigenvalue weighted by Gasteiger charge is -2.14. The van der Waals surface area contributed by atoms with E-state index in [2.05, 4.69) is 5.10 Å². The van der Waals surface area contributed by atoms with Gasteiger partial charge >= 0.3 is 0 Å². The summed E-state index contributed by atoms with van der Waals surface area (Å²) in [5, 5.41) is 14.6. The summed E-state index contributed by atoms with van der Waals surface area (Å²) in [6, 6.07) is 4.32. The second-order valence-electron chi connectivity index (χ2n) is 4.42. The molecule has 2 rings (SSSR count). The van der Waals surface area contributed by atoms with Crippen molar-refractivity contribution in [3.63, 3.8) is 0 Å². The van der Waals surface area contributed by atoms with Crippen LogP contribution in [0.1, 0.15) is 22.9 Å². The maximum atomic E-state index is 14.0. The third kappa shape index (κ3) is 2.34. The largest absolute Gasteiger partial charge is 0.497 e. The van der Waals surface area contributed by atoms with Gasteiger partial charge in [0.05, 0.1) is 25.5 Å². The molecular formula is C14H17FN2O3. The Morgan fingerprint density at radius 3 is 2.55 bits per heavy atom. The molecule has 0 saturated carbocycles. The van der Waals surface area contributed by atoms with Crippen LogP contribution in [0.5, 0.6) is 11.6 Å². The molecule has 0 radical (unpaired) electrons. The second-order valence-corrected chi connectivity index (χ2v) is 4.42. The van der Waals surface area contributed by atoms with E-state index in [1.54, 1.807) is 20.0 Å². The predicted octanol–water partition coefficient (Wildman–Crippen LogP) is 1.97. The van der Waals surface area contributed by atoms with E-state index < -0.39 is 11.9 Å². The van der Waals surface area contributed by atoms with Crippen LogP contribution in [0.25, 0.3) is 0 Å². The summed E-state index contributed by atoms with van der Waals surface area (Å²) < 4.78 is 25.7. The molecule has 0 amide bonds. The minimum absolute atomic E-state index is 0.153. The average Bonchev–Trinajstić information content (AvgIpc) is 2.71. The van der Waals surface area contributed by atoms with Crippen LogP contribution in [-0.2, 0) is 7.05 Å². The van der Waals surface area contributed by atoms with Crippen LogP contribution in [0.15, 0.2) is 18.2 Å². The summed E-state index contributed by atoms with van der Waals surface area (Å²) in [6.45, 7) is 1.74. The molecule has 0 spiro atoms. The highest BCUT2D eigenvalue weighted by Gasteiger charge is 2.25. The lowest BCUT2D eigenvalue weighted by atomic mass is 10.0. The summed E-state index contributed by atoms with van der Waals surface area (Å²) in [4.78, 5) is 0. The van der Waals surface area contributed by atoms with Gasteiger partial charge in [0.1, 0.15) is 17.7 Å². The molecule has 1 N–H and O–H groups in total. The van der Waals surface area contributed by atoms with Crippen molar-refractivity contribution in [3.8, 4) is 11.6 Å². The zero-order chi connectivity index (χ0) is 14.9. The number of aryl methyl sites for hydroxylation is 2. The van der Waals surface area contributed by atoms with Crippen LogP contribution in [-0.4, -0.2) is 29.1 Å². The summed E-state index contributed by atoms with van der Waals surface area (Å²) in [5.74, 6) is 0.265. The van der Waals surface area contributed by atoms with Gasteiger partial charge < -0.3 is 14.6 Å². The molecule has 5 nitrogen and oxygen atoms in total. The van der Waals surface area contributed by atoms with E-state index in [4.69, 9.17) is 9.47 Å². The van der Waals surface area contributed by atoms with Crippen LogP contribution < -0.4 is 9.47 Å². The lowest BCUT2D eigenvalue weighted by Crippen LogP contribution is -2.06. The third-order valence-electron chi connectivity index (χ3n) is 3.18. The fourth-order valence-corrected chi connectivity index (χ4v) is 2.22. The first-order chi connectivity index (χ1) is 9.49. The van der Waals surface area contributed by atoms with Crippen molar-refractivity contribution in [2.75, 3.05) is 14.2 Å². The van der Waals surface area contributed by atoms with E-state index >= 15 is 0 Å². The molecule has 1 aromatic heterocycles. The Balaban J connectivity index is 2.49. The van der Waals surface area contributed by atoms with Gasteiger partial charge in [-0.3, -0.25) is 0 Å². The summed E-state index contributed by atoms with van der Waals surface area (Å²) in [5.41, 5.74) is 1.20. The van der Waals surface area contributed by atoms with E-state index in [1.165, 1.54) is 31.0 Å². The lowest BCUT2D eigenvalue weighted by molar-refractivity contribution is 0.207. The van der Waals surface area contributed by atoms with Crippen LogP contribution in [0.2, 0.25) is 0 Å². The Morgan fingerprint density at radius 1 is 1.30 bits per heavy atom. The summed E-state index contributed by atoms with van der Waals surface area (Å²) in [6.07, 6.45) is -1.15.